The van der Waals surface area contributed by atoms with Crippen molar-refractivity contribution in [3.63, 3.8) is 0 Å². The van der Waals surface area contributed by atoms with Crippen LogP contribution in [0.25, 0.3) is 0 Å². The SMILES string of the molecule is C[C@H](CO)C[C@@H](C)C1SCCCS1. The summed E-state index contributed by atoms with van der Waals surface area (Å²) in [5, 5.41) is 8.97. The molecular weight excluding hydrogens is 200 g/mol. The molecule has 0 aliphatic carbocycles. The second-order valence-electron chi connectivity index (χ2n) is 3.96. The van der Waals surface area contributed by atoms with Crippen LogP contribution in [0.2, 0.25) is 0 Å². The molecule has 0 spiro atoms. The number of rotatable bonds is 4. The van der Waals surface area contributed by atoms with Gasteiger partial charge in [0.15, 0.2) is 0 Å². The van der Waals surface area contributed by atoms with Gasteiger partial charge in [-0.25, -0.2) is 0 Å². The van der Waals surface area contributed by atoms with Crippen LogP contribution in [0, 0.1) is 11.8 Å². The highest BCUT2D eigenvalue weighted by Crippen LogP contribution is 2.37. The van der Waals surface area contributed by atoms with Gasteiger partial charge >= 0.3 is 0 Å². The van der Waals surface area contributed by atoms with Crippen molar-refractivity contribution in [2.75, 3.05) is 18.1 Å². The number of aliphatic hydroxyl groups is 1. The van der Waals surface area contributed by atoms with Crippen LogP contribution >= 0.6 is 23.5 Å². The fourth-order valence-electron chi connectivity index (χ4n) is 1.65. The van der Waals surface area contributed by atoms with Crippen molar-refractivity contribution in [3.8, 4) is 0 Å². The van der Waals surface area contributed by atoms with E-state index in [0.717, 1.165) is 10.5 Å². The lowest BCUT2D eigenvalue weighted by Gasteiger charge is -2.28. The zero-order valence-corrected chi connectivity index (χ0v) is 10.2. The topological polar surface area (TPSA) is 20.2 Å². The highest BCUT2D eigenvalue weighted by molar-refractivity contribution is 8.17. The highest BCUT2D eigenvalue weighted by Gasteiger charge is 2.22. The summed E-state index contributed by atoms with van der Waals surface area (Å²) in [4.78, 5) is 0. The van der Waals surface area contributed by atoms with E-state index in [4.69, 9.17) is 5.11 Å². The average Bonchev–Trinajstić information content (AvgIpc) is 2.19. The minimum Gasteiger partial charge on any atom is -0.396 e. The third-order valence-corrected chi connectivity index (χ3v) is 5.85. The van der Waals surface area contributed by atoms with Gasteiger partial charge in [0.2, 0.25) is 0 Å². The van der Waals surface area contributed by atoms with Crippen molar-refractivity contribution >= 4 is 23.5 Å². The van der Waals surface area contributed by atoms with E-state index in [-0.39, 0.29) is 0 Å². The van der Waals surface area contributed by atoms with Gasteiger partial charge in [-0.15, -0.1) is 23.5 Å². The van der Waals surface area contributed by atoms with Gasteiger partial charge in [0.1, 0.15) is 0 Å². The average molecular weight is 220 g/mol. The van der Waals surface area contributed by atoms with Gasteiger partial charge in [-0.2, -0.15) is 0 Å². The molecule has 1 N–H and O–H groups in total. The van der Waals surface area contributed by atoms with Crippen LogP contribution in [-0.4, -0.2) is 27.8 Å². The third kappa shape index (κ3) is 4.13. The summed E-state index contributed by atoms with van der Waals surface area (Å²) in [6.45, 7) is 4.79. The minimum absolute atomic E-state index is 0.340. The lowest BCUT2D eigenvalue weighted by molar-refractivity contribution is 0.218. The lowest BCUT2D eigenvalue weighted by atomic mass is 9.99. The van der Waals surface area contributed by atoms with E-state index in [9.17, 15) is 0 Å². The molecule has 0 aromatic heterocycles. The number of aliphatic hydroxyl groups excluding tert-OH is 1. The zero-order valence-electron chi connectivity index (χ0n) is 8.53. The van der Waals surface area contributed by atoms with E-state index in [0.29, 0.717) is 12.5 Å². The Bertz CT molecular complexity index is 135. The second-order valence-corrected chi connectivity index (χ2v) is 6.76. The molecule has 1 rings (SSSR count). The van der Waals surface area contributed by atoms with Crippen molar-refractivity contribution in [1.82, 2.24) is 0 Å². The summed E-state index contributed by atoms with van der Waals surface area (Å²) in [5.41, 5.74) is 0. The molecule has 0 saturated carbocycles. The number of hydrogen-bond acceptors (Lipinski definition) is 3. The first-order chi connectivity index (χ1) is 6.24. The Morgan fingerprint density at radius 2 is 1.92 bits per heavy atom. The highest BCUT2D eigenvalue weighted by atomic mass is 32.2. The Balaban J connectivity index is 2.24. The van der Waals surface area contributed by atoms with Crippen LogP contribution in [0.15, 0.2) is 0 Å². The molecule has 1 heterocycles. The summed E-state index contributed by atoms with van der Waals surface area (Å²) < 4.78 is 0.780. The maximum absolute atomic E-state index is 8.97. The smallest absolute Gasteiger partial charge is 0.0528 e. The molecule has 13 heavy (non-hydrogen) atoms. The van der Waals surface area contributed by atoms with Gasteiger partial charge in [0.25, 0.3) is 0 Å². The molecule has 0 aromatic rings. The van der Waals surface area contributed by atoms with Crippen molar-refractivity contribution in [3.05, 3.63) is 0 Å². The quantitative estimate of drug-likeness (QED) is 0.787. The van der Waals surface area contributed by atoms with Gasteiger partial charge in [-0.05, 0) is 36.2 Å². The normalized spacial score (nSPS) is 24.2. The van der Waals surface area contributed by atoms with E-state index >= 15 is 0 Å². The molecule has 1 fully saturated rings. The van der Waals surface area contributed by atoms with Gasteiger partial charge in [-0.1, -0.05) is 13.8 Å². The summed E-state index contributed by atoms with van der Waals surface area (Å²) >= 11 is 4.21. The minimum atomic E-state index is 0.340. The first-order valence-electron chi connectivity index (χ1n) is 5.08. The molecule has 0 bridgehead atoms. The van der Waals surface area contributed by atoms with Crippen molar-refractivity contribution in [2.45, 2.75) is 31.3 Å². The Labute approximate surface area is 90.1 Å². The Morgan fingerprint density at radius 3 is 2.46 bits per heavy atom. The molecular formula is C10H20OS2. The van der Waals surface area contributed by atoms with Crippen LogP contribution in [0.4, 0.5) is 0 Å². The zero-order chi connectivity index (χ0) is 9.68. The largest absolute Gasteiger partial charge is 0.396 e. The number of hydrogen-bond donors (Lipinski definition) is 1. The molecule has 3 heteroatoms. The van der Waals surface area contributed by atoms with Gasteiger partial charge < -0.3 is 5.11 Å². The maximum Gasteiger partial charge on any atom is 0.0528 e. The van der Waals surface area contributed by atoms with Crippen molar-refractivity contribution < 1.29 is 5.11 Å². The summed E-state index contributed by atoms with van der Waals surface area (Å²) in [7, 11) is 0. The second kappa shape index (κ2) is 6.20. The summed E-state index contributed by atoms with van der Waals surface area (Å²) in [5.74, 6) is 3.88. The first kappa shape index (κ1) is 11.7. The molecule has 78 valence electrons. The Hall–Kier alpha value is 0.660. The summed E-state index contributed by atoms with van der Waals surface area (Å²) in [6.07, 6.45) is 2.54. The monoisotopic (exact) mass is 220 g/mol. The van der Waals surface area contributed by atoms with Crippen LogP contribution in [0.3, 0.4) is 0 Å². The van der Waals surface area contributed by atoms with Crippen LogP contribution < -0.4 is 0 Å². The van der Waals surface area contributed by atoms with E-state index in [1.807, 2.05) is 0 Å². The van der Waals surface area contributed by atoms with Gasteiger partial charge in [-0.3, -0.25) is 0 Å². The van der Waals surface area contributed by atoms with Crippen molar-refractivity contribution in [1.29, 1.82) is 0 Å². The molecule has 1 aliphatic rings. The first-order valence-corrected chi connectivity index (χ1v) is 7.18. The van der Waals surface area contributed by atoms with E-state index in [2.05, 4.69) is 37.4 Å². The molecule has 0 amide bonds. The Kier molecular flexibility index (Phi) is 5.60. The Morgan fingerprint density at radius 1 is 1.31 bits per heavy atom. The van der Waals surface area contributed by atoms with Gasteiger partial charge in [0, 0.05) is 6.61 Å². The standard InChI is InChI=1S/C10H20OS2/c1-8(7-11)6-9(2)10-12-4-3-5-13-10/h8-11H,3-7H2,1-2H3/t8-,9+/m0/s1. The van der Waals surface area contributed by atoms with Crippen LogP contribution in [-0.2, 0) is 0 Å². The molecule has 1 aliphatic heterocycles. The maximum atomic E-state index is 8.97. The molecule has 2 atom stereocenters. The fourth-order valence-corrected chi connectivity index (χ4v) is 4.77. The van der Waals surface area contributed by atoms with Crippen LogP contribution in [0.1, 0.15) is 26.7 Å². The van der Waals surface area contributed by atoms with E-state index in [1.54, 1.807) is 0 Å². The molecule has 0 unspecified atom stereocenters. The van der Waals surface area contributed by atoms with Crippen molar-refractivity contribution in [2.24, 2.45) is 11.8 Å². The molecule has 1 saturated heterocycles. The molecule has 0 radical (unpaired) electrons. The van der Waals surface area contributed by atoms with E-state index < -0.39 is 0 Å². The molecule has 1 nitrogen and oxygen atoms in total. The number of thioether (sulfide) groups is 2. The van der Waals surface area contributed by atoms with E-state index in [1.165, 1.54) is 24.3 Å². The summed E-state index contributed by atoms with van der Waals surface area (Å²) in [6, 6.07) is 0. The predicted molar refractivity (Wildman–Crippen MR) is 63.4 cm³/mol. The van der Waals surface area contributed by atoms with Crippen LogP contribution in [0.5, 0.6) is 0 Å². The fraction of sp³-hybridized carbons (Fsp3) is 1.00. The predicted octanol–water partition coefficient (Wildman–Crippen LogP) is 2.84. The third-order valence-electron chi connectivity index (χ3n) is 2.40. The van der Waals surface area contributed by atoms with Gasteiger partial charge in [0.05, 0.1) is 4.58 Å². The molecule has 0 aromatic carbocycles. The lowest BCUT2D eigenvalue weighted by Crippen LogP contribution is -2.19.